The van der Waals surface area contributed by atoms with E-state index in [1.165, 1.54) is 0 Å². The van der Waals surface area contributed by atoms with E-state index in [1.807, 2.05) is 0 Å². The Hall–Kier alpha value is -2.19. The Labute approximate surface area is 168 Å². The number of rotatable bonds is 5. The Bertz CT molecular complexity index is 708. The van der Waals surface area contributed by atoms with Crippen molar-refractivity contribution in [2.45, 2.75) is 44.9 Å². The smallest absolute Gasteiger partial charge is 0.238 e. The number of hydrogen-bond acceptors (Lipinski definition) is 4. The van der Waals surface area contributed by atoms with Gasteiger partial charge in [0.25, 0.3) is 0 Å². The standard InChI is InChI=1S/C18H23ClN4O3S/c19-13-8-4-5-9-14(13)20-15(24)10-11-16(25)22-23-18(27)21-17(26)12-6-2-1-3-7-12/h4-5,8-9,12H,1-3,6-7,10-11H2,(H,20,24)(H,22,25)(H2,21,23,26,27). The molecule has 0 saturated heterocycles. The first-order valence-corrected chi connectivity index (χ1v) is 9.68. The summed E-state index contributed by atoms with van der Waals surface area (Å²) in [6, 6.07) is 6.85. The van der Waals surface area contributed by atoms with Crippen LogP contribution >= 0.6 is 23.8 Å². The van der Waals surface area contributed by atoms with Gasteiger partial charge in [-0.1, -0.05) is 43.0 Å². The van der Waals surface area contributed by atoms with Crippen LogP contribution in [0.2, 0.25) is 5.02 Å². The zero-order chi connectivity index (χ0) is 19.6. The predicted octanol–water partition coefficient (Wildman–Crippen LogP) is 2.66. The van der Waals surface area contributed by atoms with Crippen LogP contribution in [0.4, 0.5) is 5.69 Å². The van der Waals surface area contributed by atoms with Crippen LogP contribution < -0.4 is 21.5 Å². The minimum Gasteiger partial charge on any atom is -0.325 e. The molecular formula is C18H23ClN4O3S. The number of carbonyl (C=O) groups excluding carboxylic acids is 3. The van der Waals surface area contributed by atoms with Crippen LogP contribution in [-0.2, 0) is 14.4 Å². The average Bonchev–Trinajstić information content (AvgIpc) is 2.67. The molecule has 1 aromatic rings. The van der Waals surface area contributed by atoms with E-state index in [0.717, 1.165) is 32.1 Å². The molecule has 4 N–H and O–H groups in total. The van der Waals surface area contributed by atoms with Crippen LogP contribution in [0.5, 0.6) is 0 Å². The summed E-state index contributed by atoms with van der Waals surface area (Å²) in [6.07, 6.45) is 4.92. The van der Waals surface area contributed by atoms with E-state index >= 15 is 0 Å². The van der Waals surface area contributed by atoms with Crippen molar-refractivity contribution in [1.82, 2.24) is 16.2 Å². The van der Waals surface area contributed by atoms with Gasteiger partial charge in [-0.25, -0.2) is 0 Å². The fourth-order valence-electron chi connectivity index (χ4n) is 2.80. The average molecular weight is 411 g/mol. The molecule has 0 heterocycles. The third-order valence-corrected chi connectivity index (χ3v) is 4.79. The van der Waals surface area contributed by atoms with Gasteiger partial charge in [0.15, 0.2) is 5.11 Å². The molecule has 0 spiro atoms. The highest BCUT2D eigenvalue weighted by molar-refractivity contribution is 7.80. The number of hydrazine groups is 1. The Morgan fingerprint density at radius 2 is 1.67 bits per heavy atom. The van der Waals surface area contributed by atoms with Gasteiger partial charge < -0.3 is 10.6 Å². The van der Waals surface area contributed by atoms with Crippen LogP contribution in [-0.4, -0.2) is 22.8 Å². The number of hydrogen-bond donors (Lipinski definition) is 4. The van der Waals surface area contributed by atoms with Crippen molar-refractivity contribution >= 4 is 52.3 Å². The van der Waals surface area contributed by atoms with E-state index < -0.39 is 5.91 Å². The van der Waals surface area contributed by atoms with Crippen LogP contribution in [0.15, 0.2) is 24.3 Å². The van der Waals surface area contributed by atoms with E-state index in [4.69, 9.17) is 23.8 Å². The fraction of sp³-hybridized carbons (Fsp3) is 0.444. The largest absolute Gasteiger partial charge is 0.325 e. The van der Waals surface area contributed by atoms with E-state index in [9.17, 15) is 14.4 Å². The molecule has 0 atom stereocenters. The molecule has 0 aromatic heterocycles. The van der Waals surface area contributed by atoms with Crippen molar-refractivity contribution in [3.05, 3.63) is 29.3 Å². The van der Waals surface area contributed by atoms with Gasteiger partial charge in [0, 0.05) is 18.8 Å². The van der Waals surface area contributed by atoms with E-state index in [2.05, 4.69) is 21.5 Å². The van der Waals surface area contributed by atoms with Crippen LogP contribution in [0, 0.1) is 5.92 Å². The molecule has 3 amide bonds. The van der Waals surface area contributed by atoms with Crippen molar-refractivity contribution in [2.75, 3.05) is 5.32 Å². The molecule has 1 saturated carbocycles. The zero-order valence-electron chi connectivity index (χ0n) is 14.8. The minimum absolute atomic E-state index is 0.0140. The van der Waals surface area contributed by atoms with Gasteiger partial charge in [-0.15, -0.1) is 0 Å². The second-order valence-corrected chi connectivity index (χ2v) is 7.17. The van der Waals surface area contributed by atoms with Gasteiger partial charge in [-0.05, 0) is 37.2 Å². The molecule has 27 heavy (non-hydrogen) atoms. The first-order valence-electron chi connectivity index (χ1n) is 8.90. The molecule has 2 rings (SSSR count). The van der Waals surface area contributed by atoms with Gasteiger partial charge in [0.1, 0.15) is 0 Å². The Morgan fingerprint density at radius 3 is 2.37 bits per heavy atom. The van der Waals surface area contributed by atoms with Crippen molar-refractivity contribution in [1.29, 1.82) is 0 Å². The molecule has 7 nitrogen and oxygen atoms in total. The molecule has 0 aliphatic heterocycles. The molecule has 0 bridgehead atoms. The van der Waals surface area contributed by atoms with Crippen LogP contribution in [0.3, 0.4) is 0 Å². The highest BCUT2D eigenvalue weighted by atomic mass is 35.5. The van der Waals surface area contributed by atoms with E-state index in [1.54, 1.807) is 24.3 Å². The molecule has 0 unspecified atom stereocenters. The lowest BCUT2D eigenvalue weighted by Crippen LogP contribution is -2.49. The summed E-state index contributed by atoms with van der Waals surface area (Å²) < 4.78 is 0. The molecule has 1 fully saturated rings. The number of amides is 3. The fourth-order valence-corrected chi connectivity index (χ4v) is 3.14. The van der Waals surface area contributed by atoms with Gasteiger partial charge in [-0.2, -0.15) is 0 Å². The monoisotopic (exact) mass is 410 g/mol. The van der Waals surface area contributed by atoms with Crippen LogP contribution in [0.25, 0.3) is 0 Å². The van der Waals surface area contributed by atoms with E-state index in [-0.39, 0.29) is 35.7 Å². The van der Waals surface area contributed by atoms with E-state index in [0.29, 0.717) is 10.7 Å². The summed E-state index contributed by atoms with van der Waals surface area (Å²) in [6.45, 7) is 0. The lowest BCUT2D eigenvalue weighted by molar-refractivity contribution is -0.125. The topological polar surface area (TPSA) is 99.3 Å². The molecule has 9 heteroatoms. The number of carbonyl (C=O) groups is 3. The Kier molecular flexibility index (Phi) is 8.47. The third-order valence-electron chi connectivity index (χ3n) is 4.26. The Balaban J connectivity index is 1.63. The first kappa shape index (κ1) is 21.1. The summed E-state index contributed by atoms with van der Waals surface area (Å²) in [5.41, 5.74) is 5.35. The highest BCUT2D eigenvalue weighted by Gasteiger charge is 2.21. The number of nitrogens with one attached hydrogen (secondary N) is 4. The first-order chi connectivity index (χ1) is 13.0. The number of benzene rings is 1. The summed E-state index contributed by atoms with van der Waals surface area (Å²) in [4.78, 5) is 35.7. The van der Waals surface area contributed by atoms with Gasteiger partial charge in [-0.3, -0.25) is 25.2 Å². The lowest BCUT2D eigenvalue weighted by atomic mass is 9.89. The maximum Gasteiger partial charge on any atom is 0.238 e. The molecule has 0 radical (unpaired) electrons. The molecule has 146 valence electrons. The highest BCUT2D eigenvalue weighted by Crippen LogP contribution is 2.23. The third kappa shape index (κ3) is 7.52. The van der Waals surface area contributed by atoms with Crippen molar-refractivity contribution in [2.24, 2.45) is 5.92 Å². The maximum atomic E-state index is 12.1. The van der Waals surface area contributed by atoms with Crippen molar-refractivity contribution in [3.8, 4) is 0 Å². The Morgan fingerprint density at radius 1 is 1.00 bits per heavy atom. The van der Waals surface area contributed by atoms with Crippen LogP contribution in [0.1, 0.15) is 44.9 Å². The molecule has 1 aromatic carbocycles. The summed E-state index contributed by atoms with van der Waals surface area (Å²) in [5.74, 6) is -0.895. The normalized spacial score (nSPS) is 14.1. The SMILES string of the molecule is O=C(CCC(=O)Nc1ccccc1Cl)NNC(=S)NC(=O)C1CCCCC1. The number of thiocarbonyl (C=S) groups is 1. The molecule has 1 aliphatic carbocycles. The minimum atomic E-state index is -0.418. The van der Waals surface area contributed by atoms with Gasteiger partial charge in [0.05, 0.1) is 10.7 Å². The summed E-state index contributed by atoms with van der Waals surface area (Å²) in [5, 5.41) is 5.69. The lowest BCUT2D eigenvalue weighted by Gasteiger charge is -2.21. The number of para-hydroxylation sites is 1. The second kappa shape index (κ2) is 10.8. The predicted molar refractivity (Wildman–Crippen MR) is 108 cm³/mol. The molecular weight excluding hydrogens is 388 g/mol. The second-order valence-electron chi connectivity index (χ2n) is 6.35. The summed E-state index contributed by atoms with van der Waals surface area (Å²) in [7, 11) is 0. The number of halogens is 1. The summed E-state index contributed by atoms with van der Waals surface area (Å²) >= 11 is 11.0. The van der Waals surface area contributed by atoms with Gasteiger partial charge >= 0.3 is 0 Å². The quantitative estimate of drug-likeness (QED) is 0.442. The van der Waals surface area contributed by atoms with Gasteiger partial charge in [0.2, 0.25) is 17.7 Å². The zero-order valence-corrected chi connectivity index (χ0v) is 16.4. The maximum absolute atomic E-state index is 12.1. The van der Waals surface area contributed by atoms with Crippen molar-refractivity contribution in [3.63, 3.8) is 0 Å². The molecule has 1 aliphatic rings. The van der Waals surface area contributed by atoms with Crippen molar-refractivity contribution < 1.29 is 14.4 Å². The number of anilines is 1.